The Morgan fingerprint density at radius 2 is 1.79 bits per heavy atom. The van der Waals surface area contributed by atoms with Crippen molar-refractivity contribution in [3.63, 3.8) is 0 Å². The number of carbonyl (C=O) groups excluding carboxylic acids is 2. The smallest absolute Gasteiger partial charge is 0.265 e. The minimum absolute atomic E-state index is 0.0282. The minimum atomic E-state index is -1.12. The number of para-hydroxylation sites is 1. The molecule has 2 aromatic carbocycles. The molecule has 3 aromatic rings. The molecule has 2 amide bonds. The Morgan fingerprint density at radius 3 is 2.50 bits per heavy atom. The number of nitrogens with zero attached hydrogens (tertiary/aromatic N) is 1. The maximum Gasteiger partial charge on any atom is 0.265 e. The highest BCUT2D eigenvalue weighted by molar-refractivity contribution is 7.12. The molecule has 178 valence electrons. The van der Waals surface area contributed by atoms with Gasteiger partial charge >= 0.3 is 0 Å². The van der Waals surface area contributed by atoms with Crippen molar-refractivity contribution in [1.29, 1.82) is 0 Å². The van der Waals surface area contributed by atoms with Crippen molar-refractivity contribution in [2.75, 3.05) is 7.11 Å². The summed E-state index contributed by atoms with van der Waals surface area (Å²) in [5.74, 6) is -0.605. The third-order valence-corrected chi connectivity index (χ3v) is 7.10. The number of benzene rings is 2. The first-order chi connectivity index (χ1) is 16.6. The lowest BCUT2D eigenvalue weighted by molar-refractivity contribution is -0.127. The monoisotopic (exact) mass is 480 g/mol. The average Bonchev–Trinajstić information content (AvgIpc) is 3.40. The van der Waals surface area contributed by atoms with Crippen LogP contribution < -0.4 is 10.1 Å². The summed E-state index contributed by atoms with van der Waals surface area (Å²) in [6.07, 6.45) is 5.03. The second kappa shape index (κ2) is 11.3. The summed E-state index contributed by atoms with van der Waals surface area (Å²) in [5, 5.41) is 4.93. The van der Waals surface area contributed by atoms with E-state index >= 15 is 4.39 Å². The van der Waals surface area contributed by atoms with Crippen molar-refractivity contribution in [3.05, 3.63) is 87.9 Å². The summed E-state index contributed by atoms with van der Waals surface area (Å²) in [7, 11) is 1.56. The fourth-order valence-electron chi connectivity index (χ4n) is 4.51. The summed E-state index contributed by atoms with van der Waals surface area (Å²) in [6, 6.07) is 16.0. The molecule has 0 bridgehead atoms. The number of thiophene rings is 1. The number of hydrogen-bond donors (Lipinski definition) is 1. The first-order valence-corrected chi connectivity index (χ1v) is 12.5. The van der Waals surface area contributed by atoms with Crippen LogP contribution in [0.5, 0.6) is 5.75 Å². The van der Waals surface area contributed by atoms with Crippen LogP contribution in [0, 0.1) is 5.82 Å². The fourth-order valence-corrected chi connectivity index (χ4v) is 5.19. The summed E-state index contributed by atoms with van der Waals surface area (Å²) >= 11 is 1.30. The van der Waals surface area contributed by atoms with E-state index in [2.05, 4.69) is 5.32 Å². The lowest BCUT2D eigenvalue weighted by Gasteiger charge is -2.33. The minimum Gasteiger partial charge on any atom is -0.496 e. The molecule has 4 rings (SSSR count). The third kappa shape index (κ3) is 5.47. The van der Waals surface area contributed by atoms with E-state index in [-0.39, 0.29) is 30.0 Å². The maximum absolute atomic E-state index is 15.1. The lowest BCUT2D eigenvalue weighted by atomic mass is 9.94. The summed E-state index contributed by atoms with van der Waals surface area (Å²) in [4.78, 5) is 29.4. The molecule has 0 saturated heterocycles. The molecular weight excluding hydrogens is 451 g/mol. The molecule has 1 saturated carbocycles. The SMILES string of the molecule is COc1ccccc1CN(C(=O)c1cccs1)[C@@H](C(=O)NC1CCCCC1)c1ccccc1F. The van der Waals surface area contributed by atoms with E-state index in [9.17, 15) is 9.59 Å². The number of hydrogen-bond acceptors (Lipinski definition) is 4. The van der Waals surface area contributed by atoms with Gasteiger partial charge in [-0.25, -0.2) is 4.39 Å². The van der Waals surface area contributed by atoms with Crippen molar-refractivity contribution in [2.45, 2.75) is 50.7 Å². The molecule has 0 aliphatic heterocycles. The van der Waals surface area contributed by atoms with Crippen LogP contribution in [-0.4, -0.2) is 29.9 Å². The summed E-state index contributed by atoms with van der Waals surface area (Å²) in [5.41, 5.74) is 0.914. The largest absolute Gasteiger partial charge is 0.496 e. The molecule has 5 nitrogen and oxygen atoms in total. The second-order valence-corrected chi connectivity index (χ2v) is 9.44. The first-order valence-electron chi connectivity index (χ1n) is 11.6. The van der Waals surface area contributed by atoms with Gasteiger partial charge < -0.3 is 15.0 Å². The van der Waals surface area contributed by atoms with Crippen LogP contribution in [0.1, 0.15) is 58.9 Å². The highest BCUT2D eigenvalue weighted by Gasteiger charge is 2.35. The molecule has 1 heterocycles. The van der Waals surface area contributed by atoms with Gasteiger partial charge in [-0.3, -0.25) is 9.59 Å². The summed E-state index contributed by atoms with van der Waals surface area (Å²) < 4.78 is 20.6. The molecule has 7 heteroatoms. The van der Waals surface area contributed by atoms with Crippen LogP contribution in [-0.2, 0) is 11.3 Å². The molecule has 1 fully saturated rings. The van der Waals surface area contributed by atoms with Crippen molar-refractivity contribution in [3.8, 4) is 5.75 Å². The van der Waals surface area contributed by atoms with Gasteiger partial charge in [0.2, 0.25) is 5.91 Å². The predicted molar refractivity (Wildman–Crippen MR) is 131 cm³/mol. The van der Waals surface area contributed by atoms with Crippen LogP contribution in [0.25, 0.3) is 0 Å². The van der Waals surface area contributed by atoms with Crippen LogP contribution in [0.15, 0.2) is 66.0 Å². The summed E-state index contributed by atoms with van der Waals surface area (Å²) in [6.45, 7) is 0.0951. The maximum atomic E-state index is 15.1. The first kappa shape index (κ1) is 24.0. The molecule has 1 atom stereocenters. The molecule has 0 spiro atoms. The van der Waals surface area contributed by atoms with Gasteiger partial charge in [-0.2, -0.15) is 0 Å². The number of amides is 2. The zero-order chi connectivity index (χ0) is 23.9. The standard InChI is InChI=1S/C27H29FN2O3S/c1-33-23-15-8-5-10-19(23)18-30(27(32)24-16-9-17-34-24)25(21-13-6-7-14-22(21)28)26(31)29-20-11-3-2-4-12-20/h5-10,13-17,20,25H,2-4,11-12,18H2,1H3,(H,29,31)/t25-/m1/s1. The number of methoxy groups -OCH3 is 1. The van der Waals surface area contributed by atoms with Gasteiger partial charge in [-0.05, 0) is 36.4 Å². The van der Waals surface area contributed by atoms with E-state index in [0.29, 0.717) is 10.6 Å². The molecule has 0 unspecified atom stereocenters. The molecule has 1 aliphatic carbocycles. The van der Waals surface area contributed by atoms with E-state index in [1.165, 1.54) is 22.3 Å². The van der Waals surface area contributed by atoms with Crippen molar-refractivity contribution >= 4 is 23.2 Å². The zero-order valence-electron chi connectivity index (χ0n) is 19.2. The van der Waals surface area contributed by atoms with Gasteiger partial charge in [0, 0.05) is 17.2 Å². The Kier molecular flexibility index (Phi) is 7.95. The van der Waals surface area contributed by atoms with Crippen LogP contribution in [0.4, 0.5) is 4.39 Å². The van der Waals surface area contributed by atoms with E-state index in [1.54, 1.807) is 37.4 Å². The van der Waals surface area contributed by atoms with Gasteiger partial charge in [0.05, 0.1) is 18.5 Å². The highest BCUT2D eigenvalue weighted by atomic mass is 32.1. The van der Waals surface area contributed by atoms with Gasteiger partial charge in [-0.15, -0.1) is 11.3 Å². The van der Waals surface area contributed by atoms with Gasteiger partial charge in [0.15, 0.2) is 0 Å². The van der Waals surface area contributed by atoms with E-state index in [4.69, 9.17) is 4.74 Å². The van der Waals surface area contributed by atoms with Crippen LogP contribution >= 0.6 is 11.3 Å². The van der Waals surface area contributed by atoms with E-state index in [0.717, 1.165) is 37.7 Å². The van der Waals surface area contributed by atoms with E-state index in [1.807, 2.05) is 29.6 Å². The predicted octanol–water partition coefficient (Wildman–Crippen LogP) is 5.73. The van der Waals surface area contributed by atoms with Gasteiger partial charge in [-0.1, -0.05) is 61.7 Å². The molecule has 1 aromatic heterocycles. The second-order valence-electron chi connectivity index (χ2n) is 8.49. The molecule has 1 aliphatic rings. The van der Waals surface area contributed by atoms with Gasteiger partial charge in [0.25, 0.3) is 5.91 Å². The Morgan fingerprint density at radius 1 is 1.06 bits per heavy atom. The number of carbonyl (C=O) groups is 2. The third-order valence-electron chi connectivity index (χ3n) is 6.24. The Balaban J connectivity index is 1.77. The fraction of sp³-hybridized carbons (Fsp3) is 0.333. The highest BCUT2D eigenvalue weighted by Crippen LogP contribution is 2.31. The Hall–Kier alpha value is -3.19. The van der Waals surface area contributed by atoms with E-state index < -0.39 is 11.9 Å². The normalized spacial score (nSPS) is 14.9. The molecule has 0 radical (unpaired) electrons. The van der Waals surface area contributed by atoms with Crippen molar-refractivity contribution in [1.82, 2.24) is 10.2 Å². The van der Waals surface area contributed by atoms with Crippen molar-refractivity contribution < 1.29 is 18.7 Å². The topological polar surface area (TPSA) is 58.6 Å². The Labute approximate surface area is 203 Å². The quantitative estimate of drug-likeness (QED) is 0.448. The zero-order valence-corrected chi connectivity index (χ0v) is 20.0. The van der Waals surface area contributed by atoms with Crippen LogP contribution in [0.3, 0.4) is 0 Å². The Bertz CT molecular complexity index is 1110. The lowest BCUT2D eigenvalue weighted by Crippen LogP contribution is -2.47. The molecular formula is C27H29FN2O3S. The number of rotatable bonds is 8. The number of ether oxygens (including phenoxy) is 1. The average molecular weight is 481 g/mol. The van der Waals surface area contributed by atoms with Crippen molar-refractivity contribution in [2.24, 2.45) is 0 Å². The van der Waals surface area contributed by atoms with Crippen LogP contribution in [0.2, 0.25) is 0 Å². The van der Waals surface area contributed by atoms with Gasteiger partial charge in [0.1, 0.15) is 17.6 Å². The number of halogens is 1. The molecule has 34 heavy (non-hydrogen) atoms. The molecule has 1 N–H and O–H groups in total. The number of nitrogens with one attached hydrogen (secondary N) is 1.